The number of rotatable bonds is 4. The van der Waals surface area contributed by atoms with Crippen molar-refractivity contribution in [2.45, 2.75) is 32.5 Å². The van der Waals surface area contributed by atoms with Gasteiger partial charge in [0.1, 0.15) is 5.82 Å². The molecular weight excluding hydrogens is 351 g/mol. The van der Waals surface area contributed by atoms with Crippen molar-refractivity contribution >= 4 is 17.7 Å². The lowest BCUT2D eigenvalue weighted by molar-refractivity contribution is -0.192. The smallest absolute Gasteiger partial charge is 0.475 e. The van der Waals surface area contributed by atoms with Crippen molar-refractivity contribution in [1.29, 1.82) is 0 Å². The van der Waals surface area contributed by atoms with Gasteiger partial charge in [-0.05, 0) is 12.5 Å². The Hall–Kier alpha value is -2.58. The van der Waals surface area contributed by atoms with E-state index in [4.69, 9.17) is 9.90 Å². The van der Waals surface area contributed by atoms with Crippen LogP contribution in [0.4, 0.5) is 19.0 Å². The first-order valence-corrected chi connectivity index (χ1v) is 8.08. The summed E-state index contributed by atoms with van der Waals surface area (Å²) in [4.78, 5) is 29.6. The zero-order valence-corrected chi connectivity index (χ0v) is 14.5. The van der Waals surface area contributed by atoms with Crippen LogP contribution in [-0.4, -0.2) is 52.7 Å². The summed E-state index contributed by atoms with van der Waals surface area (Å²) in [7, 11) is 0. The number of pyridine rings is 1. The average molecular weight is 373 g/mol. The Morgan fingerprint density at radius 1 is 1.38 bits per heavy atom. The maximum Gasteiger partial charge on any atom is 0.490 e. The van der Waals surface area contributed by atoms with Crippen molar-refractivity contribution in [2.75, 3.05) is 24.5 Å². The number of fused-ring (bicyclic) bond motifs is 1. The summed E-state index contributed by atoms with van der Waals surface area (Å²) in [5, 5.41) is 7.12. The van der Waals surface area contributed by atoms with Gasteiger partial charge in [0.25, 0.3) is 0 Å². The Kier molecular flexibility index (Phi) is 8.08. The Morgan fingerprint density at radius 3 is 2.58 bits per heavy atom. The van der Waals surface area contributed by atoms with Crippen LogP contribution in [0.25, 0.3) is 0 Å². The van der Waals surface area contributed by atoms with Gasteiger partial charge in [-0.25, -0.2) is 9.78 Å². The van der Waals surface area contributed by atoms with Crippen molar-refractivity contribution in [2.24, 2.45) is 0 Å². The number of aliphatic carboxylic acids is 1. The second-order valence-corrected chi connectivity index (χ2v) is 5.59. The van der Waals surface area contributed by atoms with Gasteiger partial charge in [0.05, 0.1) is 0 Å². The van der Waals surface area contributed by atoms with Gasteiger partial charge in [-0.2, -0.15) is 13.2 Å². The molecule has 0 unspecified atom stereocenters. The van der Waals surface area contributed by atoms with Gasteiger partial charge < -0.3 is 14.9 Å². The van der Waals surface area contributed by atoms with Crippen molar-refractivity contribution in [3.8, 4) is 0 Å². The zero-order chi connectivity index (χ0) is 19.7. The summed E-state index contributed by atoms with van der Waals surface area (Å²) in [5.74, 6) is -1.54. The minimum absolute atomic E-state index is 0.234. The fourth-order valence-corrected chi connectivity index (χ4v) is 2.39. The van der Waals surface area contributed by atoms with E-state index in [1.165, 1.54) is 0 Å². The molecule has 0 bridgehead atoms. The molecule has 0 saturated heterocycles. The lowest BCUT2D eigenvalue weighted by Gasteiger charge is -2.22. The van der Waals surface area contributed by atoms with E-state index in [1.54, 1.807) is 6.20 Å². The number of aromatic nitrogens is 1. The predicted octanol–water partition coefficient (Wildman–Crippen LogP) is 2.85. The maximum absolute atomic E-state index is 12.1. The third-order valence-corrected chi connectivity index (χ3v) is 3.58. The van der Waals surface area contributed by atoms with Crippen LogP contribution < -0.4 is 4.90 Å². The molecule has 0 saturated carbocycles. The highest BCUT2D eigenvalue weighted by Crippen LogP contribution is 2.22. The van der Waals surface area contributed by atoms with Crippen LogP contribution in [0.15, 0.2) is 31.0 Å². The number of carboxylic acids is 1. The van der Waals surface area contributed by atoms with Gasteiger partial charge in [-0.15, -0.1) is 6.58 Å². The molecule has 2 heterocycles. The summed E-state index contributed by atoms with van der Waals surface area (Å²) >= 11 is 0. The Morgan fingerprint density at radius 2 is 2.04 bits per heavy atom. The number of carboxylic acid groups (broad SMARTS) is 1. The third kappa shape index (κ3) is 6.38. The minimum Gasteiger partial charge on any atom is -0.475 e. The molecule has 0 fully saturated rings. The van der Waals surface area contributed by atoms with E-state index in [0.29, 0.717) is 13.0 Å². The highest BCUT2D eigenvalue weighted by Gasteiger charge is 2.38. The first-order valence-electron chi connectivity index (χ1n) is 8.08. The first-order chi connectivity index (χ1) is 12.2. The number of hydrogen-bond acceptors (Lipinski definition) is 4. The van der Waals surface area contributed by atoms with E-state index >= 15 is 0 Å². The van der Waals surface area contributed by atoms with Crippen LogP contribution in [-0.2, 0) is 16.1 Å². The molecule has 6 nitrogen and oxygen atoms in total. The molecule has 1 aliphatic rings. The van der Waals surface area contributed by atoms with Gasteiger partial charge >= 0.3 is 12.1 Å². The van der Waals surface area contributed by atoms with Crippen molar-refractivity contribution in [1.82, 2.24) is 9.88 Å². The molecule has 0 spiro atoms. The Bertz CT molecular complexity index is 635. The molecule has 1 aliphatic heterocycles. The van der Waals surface area contributed by atoms with E-state index in [2.05, 4.69) is 22.5 Å². The van der Waals surface area contributed by atoms with Crippen LogP contribution in [0.5, 0.6) is 0 Å². The second kappa shape index (κ2) is 9.79. The van der Waals surface area contributed by atoms with Crippen molar-refractivity contribution < 1.29 is 27.9 Å². The molecule has 1 N–H and O–H groups in total. The fraction of sp³-hybridized carbons (Fsp3) is 0.471. The van der Waals surface area contributed by atoms with Crippen LogP contribution in [0, 0.1) is 0 Å². The van der Waals surface area contributed by atoms with Crippen LogP contribution in [0.2, 0.25) is 0 Å². The zero-order valence-electron chi connectivity index (χ0n) is 14.5. The van der Waals surface area contributed by atoms with Gasteiger partial charge in [0.2, 0.25) is 5.91 Å². The molecule has 144 valence electrons. The molecule has 26 heavy (non-hydrogen) atoms. The van der Waals surface area contributed by atoms with Crippen molar-refractivity contribution in [3.63, 3.8) is 0 Å². The van der Waals surface area contributed by atoms with Crippen LogP contribution >= 0.6 is 0 Å². The van der Waals surface area contributed by atoms with E-state index in [9.17, 15) is 18.0 Å². The summed E-state index contributed by atoms with van der Waals surface area (Å²) in [6.45, 7) is 8.82. The maximum atomic E-state index is 12.1. The van der Waals surface area contributed by atoms with Gasteiger partial charge in [-0.3, -0.25) is 4.79 Å². The van der Waals surface area contributed by atoms with E-state index < -0.39 is 12.1 Å². The highest BCUT2D eigenvalue weighted by atomic mass is 19.4. The molecule has 1 amide bonds. The Balaban J connectivity index is 0.000000412. The molecule has 9 heteroatoms. The molecule has 2 rings (SSSR count). The lowest BCUT2D eigenvalue weighted by atomic mass is 10.2. The SMILES string of the molecule is C=CCN1CCN(C(=O)CCC)Cc2cccnc21.O=C(O)C(F)(F)F. The molecule has 0 aromatic carbocycles. The molecule has 0 atom stereocenters. The fourth-order valence-electron chi connectivity index (χ4n) is 2.39. The lowest BCUT2D eigenvalue weighted by Crippen LogP contribution is -2.35. The normalized spacial score (nSPS) is 13.8. The Labute approximate surface area is 149 Å². The van der Waals surface area contributed by atoms with Gasteiger partial charge in [0.15, 0.2) is 0 Å². The number of halogens is 3. The third-order valence-electron chi connectivity index (χ3n) is 3.58. The van der Waals surface area contributed by atoms with Crippen LogP contribution in [0.1, 0.15) is 25.3 Å². The second-order valence-electron chi connectivity index (χ2n) is 5.59. The largest absolute Gasteiger partial charge is 0.490 e. The molecule has 0 radical (unpaired) electrons. The number of hydrogen-bond donors (Lipinski definition) is 1. The average Bonchev–Trinajstić information content (AvgIpc) is 2.75. The number of anilines is 1. The monoisotopic (exact) mass is 373 g/mol. The number of carbonyl (C=O) groups is 2. The first kappa shape index (κ1) is 21.5. The summed E-state index contributed by atoms with van der Waals surface area (Å²) in [5.41, 5.74) is 1.12. The number of alkyl halides is 3. The van der Waals surface area contributed by atoms with Gasteiger partial charge in [-0.1, -0.05) is 19.1 Å². The molecule has 1 aromatic rings. The predicted molar refractivity (Wildman–Crippen MR) is 90.7 cm³/mol. The minimum atomic E-state index is -5.08. The highest BCUT2D eigenvalue weighted by molar-refractivity contribution is 5.76. The quantitative estimate of drug-likeness (QED) is 0.822. The van der Waals surface area contributed by atoms with E-state index in [0.717, 1.165) is 37.4 Å². The van der Waals surface area contributed by atoms with Gasteiger partial charge in [0, 0.05) is 44.4 Å². The van der Waals surface area contributed by atoms with Crippen molar-refractivity contribution in [3.05, 3.63) is 36.5 Å². The number of carbonyl (C=O) groups excluding carboxylic acids is 1. The molecule has 1 aromatic heterocycles. The standard InChI is InChI=1S/C15H21N3O.C2HF3O2/c1-3-6-14(19)18-11-10-17(9-4-2)15-13(12-18)7-5-8-16-15;3-2(4,5)1(6)7/h4-5,7-8H,2-3,6,9-12H2,1H3;(H,6,7). The molecular formula is C17H22F3N3O3. The van der Waals surface area contributed by atoms with E-state index in [-0.39, 0.29) is 5.91 Å². The summed E-state index contributed by atoms with van der Waals surface area (Å²) < 4.78 is 31.7. The molecule has 0 aliphatic carbocycles. The van der Waals surface area contributed by atoms with E-state index in [1.807, 2.05) is 24.0 Å². The number of nitrogens with zero attached hydrogens (tertiary/aromatic N) is 3. The number of amides is 1. The summed E-state index contributed by atoms with van der Waals surface area (Å²) in [6.07, 6.45) is 0.114. The summed E-state index contributed by atoms with van der Waals surface area (Å²) in [6, 6.07) is 3.98. The topological polar surface area (TPSA) is 73.7 Å². The van der Waals surface area contributed by atoms with Crippen LogP contribution in [0.3, 0.4) is 0 Å².